The van der Waals surface area contributed by atoms with Gasteiger partial charge in [-0.2, -0.15) is 0 Å². The van der Waals surface area contributed by atoms with Gasteiger partial charge < -0.3 is 0 Å². The molecule has 0 saturated heterocycles. The Hall–Kier alpha value is -2.51. The predicted octanol–water partition coefficient (Wildman–Crippen LogP) is 8.96. The topological polar surface area (TPSA) is 12.9 Å². The summed E-state index contributed by atoms with van der Waals surface area (Å²) in [7, 11) is 0. The maximum atomic E-state index is 5.02. The van der Waals surface area contributed by atoms with Gasteiger partial charge in [-0.05, 0) is 104 Å². The van der Waals surface area contributed by atoms with Crippen molar-refractivity contribution in [3.8, 4) is 44.8 Å². The summed E-state index contributed by atoms with van der Waals surface area (Å²) in [4.78, 5) is 5.02. The molecule has 1 aromatic heterocycles. The van der Waals surface area contributed by atoms with Crippen LogP contribution < -0.4 is 0 Å². The smallest absolute Gasteiger partial charge is 0.0715 e. The van der Waals surface area contributed by atoms with E-state index < -0.39 is 0 Å². The van der Waals surface area contributed by atoms with E-state index in [0.29, 0.717) is 0 Å². The molecule has 0 radical (unpaired) electrons. The van der Waals surface area contributed by atoms with Crippen LogP contribution in [0.1, 0.15) is 0 Å². The molecule has 0 unspecified atom stereocenters. The highest BCUT2D eigenvalue weighted by Gasteiger charge is 2.10. The van der Waals surface area contributed by atoms with E-state index in [9.17, 15) is 0 Å². The van der Waals surface area contributed by atoms with Crippen LogP contribution in [-0.4, -0.2) is 4.98 Å². The summed E-state index contributed by atoms with van der Waals surface area (Å²) in [5.41, 5.74) is 9.03. The molecule has 0 atom stereocenters. The standard InChI is InChI=1S/C29H19I2N/c30-26-14-10-23(11-15-26)28-18-25(19-29(32-28)24-12-16-27(31)17-13-24)22-8-6-21(7-9-22)20-4-2-1-3-5-20/h1-19H. The van der Waals surface area contributed by atoms with Gasteiger partial charge in [0.05, 0.1) is 11.4 Å². The molecule has 0 amide bonds. The molecule has 0 aliphatic rings. The summed E-state index contributed by atoms with van der Waals surface area (Å²) < 4.78 is 2.44. The van der Waals surface area contributed by atoms with Crippen molar-refractivity contribution in [2.75, 3.05) is 0 Å². The predicted molar refractivity (Wildman–Crippen MR) is 151 cm³/mol. The zero-order chi connectivity index (χ0) is 21.9. The number of aromatic nitrogens is 1. The summed E-state index contributed by atoms with van der Waals surface area (Å²) in [5.74, 6) is 0. The Morgan fingerprint density at radius 1 is 0.375 bits per heavy atom. The van der Waals surface area contributed by atoms with Crippen LogP contribution in [0.2, 0.25) is 0 Å². The first-order valence-corrected chi connectivity index (χ1v) is 12.5. The number of pyridine rings is 1. The summed E-state index contributed by atoms with van der Waals surface area (Å²) in [6.07, 6.45) is 0. The second-order valence-electron chi connectivity index (χ2n) is 7.58. The Morgan fingerprint density at radius 2 is 0.750 bits per heavy atom. The van der Waals surface area contributed by atoms with Gasteiger partial charge >= 0.3 is 0 Å². The van der Waals surface area contributed by atoms with E-state index in [4.69, 9.17) is 4.98 Å². The number of halogens is 2. The SMILES string of the molecule is Ic1ccc(-c2cc(-c3ccc(-c4ccccc4)cc3)cc(-c3ccc(I)cc3)n2)cc1. The molecule has 1 heterocycles. The molecule has 0 spiro atoms. The van der Waals surface area contributed by atoms with E-state index in [-0.39, 0.29) is 0 Å². The van der Waals surface area contributed by atoms with Crippen molar-refractivity contribution < 1.29 is 0 Å². The molecule has 0 bridgehead atoms. The zero-order valence-electron chi connectivity index (χ0n) is 17.2. The molecule has 0 fully saturated rings. The van der Waals surface area contributed by atoms with Crippen LogP contribution in [-0.2, 0) is 0 Å². The van der Waals surface area contributed by atoms with E-state index >= 15 is 0 Å². The Kier molecular flexibility index (Phi) is 6.37. The monoisotopic (exact) mass is 635 g/mol. The minimum absolute atomic E-state index is 0.986. The average molecular weight is 635 g/mol. The van der Waals surface area contributed by atoms with Crippen molar-refractivity contribution in [2.45, 2.75) is 0 Å². The number of hydrogen-bond donors (Lipinski definition) is 0. The summed E-state index contributed by atoms with van der Waals surface area (Å²) in [6, 6.07) is 40.7. The summed E-state index contributed by atoms with van der Waals surface area (Å²) in [6.45, 7) is 0. The lowest BCUT2D eigenvalue weighted by atomic mass is 9.97. The highest BCUT2D eigenvalue weighted by Crippen LogP contribution is 2.32. The Labute approximate surface area is 215 Å². The van der Waals surface area contributed by atoms with Gasteiger partial charge in [-0.1, -0.05) is 78.9 Å². The van der Waals surface area contributed by atoms with Crippen LogP contribution in [0, 0.1) is 7.14 Å². The first-order chi connectivity index (χ1) is 15.7. The van der Waals surface area contributed by atoms with Crippen LogP contribution in [0.4, 0.5) is 0 Å². The van der Waals surface area contributed by atoms with Crippen LogP contribution in [0.25, 0.3) is 44.8 Å². The molecule has 1 nitrogen and oxygen atoms in total. The van der Waals surface area contributed by atoms with Gasteiger partial charge in [0.1, 0.15) is 0 Å². The summed E-state index contributed by atoms with van der Waals surface area (Å²) >= 11 is 4.68. The lowest BCUT2D eigenvalue weighted by Crippen LogP contribution is -1.91. The quantitative estimate of drug-likeness (QED) is 0.180. The van der Waals surface area contributed by atoms with Gasteiger partial charge in [0.15, 0.2) is 0 Å². The average Bonchev–Trinajstić information content (AvgIpc) is 2.85. The van der Waals surface area contributed by atoms with Crippen LogP contribution in [0.15, 0.2) is 115 Å². The largest absolute Gasteiger partial charge is 0.248 e. The van der Waals surface area contributed by atoms with E-state index in [0.717, 1.165) is 22.5 Å². The molecular weight excluding hydrogens is 616 g/mol. The second-order valence-corrected chi connectivity index (χ2v) is 10.1. The van der Waals surface area contributed by atoms with Crippen LogP contribution in [0.3, 0.4) is 0 Å². The molecule has 32 heavy (non-hydrogen) atoms. The van der Waals surface area contributed by atoms with Crippen LogP contribution >= 0.6 is 45.2 Å². The Bertz CT molecular complexity index is 1280. The van der Waals surface area contributed by atoms with Crippen molar-refractivity contribution in [3.63, 3.8) is 0 Å². The van der Waals surface area contributed by atoms with E-state index in [1.807, 2.05) is 6.07 Å². The minimum Gasteiger partial charge on any atom is -0.248 e. The fourth-order valence-electron chi connectivity index (χ4n) is 3.72. The molecule has 0 saturated carbocycles. The highest BCUT2D eigenvalue weighted by molar-refractivity contribution is 14.1. The van der Waals surface area contributed by atoms with Crippen molar-refractivity contribution in [1.29, 1.82) is 0 Å². The fraction of sp³-hybridized carbons (Fsp3) is 0. The molecule has 0 aliphatic carbocycles. The highest BCUT2D eigenvalue weighted by atomic mass is 127. The third kappa shape index (κ3) is 4.79. The molecule has 5 rings (SSSR count). The molecular formula is C29H19I2N. The van der Waals surface area contributed by atoms with E-state index in [1.54, 1.807) is 0 Å². The van der Waals surface area contributed by atoms with E-state index in [2.05, 4.69) is 154 Å². The number of benzene rings is 4. The van der Waals surface area contributed by atoms with Gasteiger partial charge in [0, 0.05) is 18.3 Å². The maximum absolute atomic E-state index is 5.02. The van der Waals surface area contributed by atoms with Crippen molar-refractivity contribution in [2.24, 2.45) is 0 Å². The molecule has 3 heteroatoms. The normalized spacial score (nSPS) is 10.8. The van der Waals surface area contributed by atoms with Gasteiger partial charge in [-0.15, -0.1) is 0 Å². The van der Waals surface area contributed by atoms with Crippen molar-refractivity contribution in [1.82, 2.24) is 4.98 Å². The fourth-order valence-corrected chi connectivity index (χ4v) is 4.44. The van der Waals surface area contributed by atoms with E-state index in [1.165, 1.54) is 29.4 Å². The van der Waals surface area contributed by atoms with Crippen molar-refractivity contribution >= 4 is 45.2 Å². The third-order valence-corrected chi connectivity index (χ3v) is 6.87. The lowest BCUT2D eigenvalue weighted by Gasteiger charge is -2.11. The van der Waals surface area contributed by atoms with Crippen molar-refractivity contribution in [3.05, 3.63) is 122 Å². The lowest BCUT2D eigenvalue weighted by molar-refractivity contribution is 1.32. The number of hydrogen-bond acceptors (Lipinski definition) is 1. The molecule has 0 aliphatic heterocycles. The number of rotatable bonds is 4. The summed E-state index contributed by atoms with van der Waals surface area (Å²) in [5, 5.41) is 0. The maximum Gasteiger partial charge on any atom is 0.0715 e. The molecule has 154 valence electrons. The second kappa shape index (κ2) is 9.55. The Balaban J connectivity index is 1.60. The van der Waals surface area contributed by atoms with Gasteiger partial charge in [0.25, 0.3) is 0 Å². The Morgan fingerprint density at radius 3 is 1.22 bits per heavy atom. The van der Waals surface area contributed by atoms with Crippen LogP contribution in [0.5, 0.6) is 0 Å². The van der Waals surface area contributed by atoms with Gasteiger partial charge in [0.2, 0.25) is 0 Å². The van der Waals surface area contributed by atoms with Gasteiger partial charge in [-0.3, -0.25) is 0 Å². The molecule has 4 aromatic carbocycles. The minimum atomic E-state index is 0.986. The molecule has 0 N–H and O–H groups in total. The zero-order valence-corrected chi connectivity index (χ0v) is 21.5. The first-order valence-electron chi connectivity index (χ1n) is 10.4. The first kappa shape index (κ1) is 21.3. The van der Waals surface area contributed by atoms with Gasteiger partial charge in [-0.25, -0.2) is 4.98 Å². The third-order valence-electron chi connectivity index (χ3n) is 5.43. The number of nitrogens with zero attached hydrogens (tertiary/aromatic N) is 1. The molecule has 5 aromatic rings.